The number of nitrogens with zero attached hydrogens (tertiary/aromatic N) is 6. The highest BCUT2D eigenvalue weighted by molar-refractivity contribution is 7.80. The lowest BCUT2D eigenvalue weighted by Gasteiger charge is -2.39. The molecule has 11 atom stereocenters. The lowest BCUT2D eigenvalue weighted by atomic mass is 9.77. The number of nitrogens with one attached hydrogen (secondary N) is 7. The van der Waals surface area contributed by atoms with E-state index in [4.69, 9.17) is 32.3 Å². The van der Waals surface area contributed by atoms with Crippen LogP contribution in [0.5, 0.6) is 23.0 Å². The van der Waals surface area contributed by atoms with Crippen molar-refractivity contribution < 1.29 is 117 Å². The topological polar surface area (TPSA) is 567 Å². The highest BCUT2D eigenvalue weighted by Gasteiger charge is 2.55. The molecule has 10 amide bonds. The van der Waals surface area contributed by atoms with Crippen LogP contribution in [0.2, 0.25) is 0 Å². The fourth-order valence-corrected chi connectivity index (χ4v) is 15.3. The number of oxime groups is 1. The number of nitrogens with two attached hydrogens (primary N) is 1. The van der Waals surface area contributed by atoms with Crippen LogP contribution < -0.4 is 47.7 Å². The number of piperidine rings is 1. The molecule has 10 rings (SSSR count). The number of primary amides is 1. The molecule has 4 fully saturated rings. The summed E-state index contributed by atoms with van der Waals surface area (Å²) in [6.07, 6.45) is -2.85. The number of phenolic OH excluding ortho intramolecular Hbond substituents is 2. The monoisotopic (exact) mass is 1630 g/mol. The lowest BCUT2D eigenvalue weighted by molar-refractivity contribution is -0.384. The molecule has 40 heteroatoms. The number of amides is 10. The molecular weight excluding hydrogens is 1540 g/mol. The van der Waals surface area contributed by atoms with Crippen molar-refractivity contribution in [1.82, 2.24) is 51.5 Å². The number of carboxylic acid groups (broad SMARTS) is 3. The molecular formula is C76H90N14O25S. The number of esters is 1. The predicted molar refractivity (Wildman–Crippen MR) is 407 cm³/mol. The quantitative estimate of drug-likeness (QED) is 0.00783. The summed E-state index contributed by atoms with van der Waals surface area (Å²) < 4.78 is 12.2. The summed E-state index contributed by atoms with van der Waals surface area (Å²) >= 11 is 5.63. The van der Waals surface area contributed by atoms with Gasteiger partial charge in [0, 0.05) is 105 Å². The fourth-order valence-electron chi connectivity index (χ4n) is 15.1. The molecule has 39 nitrogen and oxygen atoms in total. The van der Waals surface area contributed by atoms with Gasteiger partial charge in [-0.2, -0.15) is 0 Å². The molecule has 6 aliphatic rings. The zero-order valence-electron chi connectivity index (χ0n) is 63.1. The number of carbonyl (C=O) groups is 14. The minimum absolute atomic E-state index is 0.00912. The first-order chi connectivity index (χ1) is 55.2. The molecule has 116 heavy (non-hydrogen) atoms. The molecule has 0 bridgehead atoms. The molecule has 0 saturated carbocycles. The van der Waals surface area contributed by atoms with E-state index < -0.39 is 193 Å². The molecule has 4 aromatic carbocycles. The van der Waals surface area contributed by atoms with Crippen LogP contribution in [-0.2, 0) is 77.5 Å². The number of benzene rings is 4. The van der Waals surface area contributed by atoms with Crippen molar-refractivity contribution in [2.45, 2.75) is 195 Å². The van der Waals surface area contributed by atoms with Gasteiger partial charge in [0.2, 0.25) is 59.1 Å². The molecule has 6 aliphatic heterocycles. The Bertz CT molecular complexity index is 4490. The minimum atomic E-state index is -1.79. The van der Waals surface area contributed by atoms with E-state index in [2.05, 4.69) is 42.4 Å². The maximum absolute atomic E-state index is 15.0. The average molecular weight is 1630 g/mol. The Balaban J connectivity index is 0.736. The summed E-state index contributed by atoms with van der Waals surface area (Å²) in [6.45, 7) is 2.44. The third-order valence-electron chi connectivity index (χ3n) is 20.9. The molecule has 620 valence electrons. The molecule has 0 radical (unpaired) electrons. The average Bonchev–Trinajstić information content (AvgIpc) is 1.49. The highest BCUT2D eigenvalue weighted by Crippen LogP contribution is 2.57. The third-order valence-corrected chi connectivity index (χ3v) is 21.2. The van der Waals surface area contributed by atoms with Crippen LogP contribution in [0.1, 0.15) is 156 Å². The summed E-state index contributed by atoms with van der Waals surface area (Å²) in [6, 6.07) is 5.60. The van der Waals surface area contributed by atoms with Gasteiger partial charge in [0.15, 0.2) is 10.7 Å². The smallest absolute Gasteiger partial charge is 0.340 e. The van der Waals surface area contributed by atoms with Crippen molar-refractivity contribution in [2.75, 3.05) is 38.0 Å². The van der Waals surface area contributed by atoms with E-state index in [1.54, 1.807) is 30.3 Å². The largest absolute Gasteiger partial charge is 0.508 e. The lowest BCUT2D eigenvalue weighted by Crippen LogP contribution is -2.62. The van der Waals surface area contributed by atoms with Gasteiger partial charge in [-0.15, -0.1) is 0 Å². The molecule has 4 aromatic rings. The molecule has 1 unspecified atom stereocenters. The number of aromatic hydroxyl groups is 2. The second-order valence-electron chi connectivity index (χ2n) is 29.0. The number of carboxylic acids is 3. The SMILES string of the molecule is C[C@H](NC(=O)[C@@H](NC(=O)[C@@H]1CCCN1C(=O)[C@H](CCC(=O)O)NC(=O)[C@@H]1CCCN1C(=O)CCCCNC(=S)Nc1ccc2c(c1)C1(OC2=O)c2ccc(O)cc2Oc2cc(O)ccc21)[C@@H](C)O)C(=O)N1CCCCC1C(=O)N1C[C@@H](O/N=C\c2ccc([N+](=O)[O-])cc2)C[C@H]1C(=O)N[C@@H](CCC(=O)O)C(=O)N[C@@H](CCC(=O)O)C(N)=O. The van der Waals surface area contributed by atoms with Gasteiger partial charge in [0.25, 0.3) is 5.69 Å². The van der Waals surface area contributed by atoms with Gasteiger partial charge in [-0.1, -0.05) is 5.16 Å². The summed E-state index contributed by atoms with van der Waals surface area (Å²) in [5, 5.41) is 94.2. The number of ether oxygens (including phenoxy) is 2. The number of hydrogen-bond acceptors (Lipinski definition) is 24. The number of aliphatic hydroxyl groups is 1. The van der Waals surface area contributed by atoms with Crippen molar-refractivity contribution >= 4 is 118 Å². The number of likely N-dealkylation sites (tertiary alicyclic amines) is 4. The Morgan fingerprint density at radius 1 is 0.647 bits per heavy atom. The standard InChI is InChI=1S/C76H90N14O25S/c1-39(71(107)88-30-6-4-9-56(88)73(109)89-38-46(115-79-37-41-13-16-43(17-14-41)90(111)112)36-57(89)69(105)83-52(24-27-62(97)98)66(102)82-51(65(77)101)23-26-61(95)96)80-70(106)64(40(2)91)85-68(104)55-11-8-32-87(55)72(108)53(25-28-63(99)100)84-67(103)54-10-7-31-86(54)60(94)12-3-5-29-78-75(116)81-42-15-20-47-50(33-42)76(114-74(47)110)48-21-18-44(92)34-58(48)113-59-35-45(93)19-22-49(59)76/h13-22,33-35,37,39-40,46,51-57,64,91-93H,3-12,23-32,36,38H2,1-2H3,(H2,77,101)(H,80,106)(H,82,102)(H,83,105)(H,84,103)(H,85,104)(H,95,96)(H,97,98)(H,99,100)(H2,78,81,116)/b79-37-/t39-,40+,46-,51-,52-,53-,54-,55-,56?,57-,64-/m0/s1. The summed E-state index contributed by atoms with van der Waals surface area (Å²) in [5.74, 6) is -13.4. The van der Waals surface area contributed by atoms with Crippen LogP contribution in [0.3, 0.4) is 0 Å². The number of non-ortho nitro benzene ring substituents is 1. The van der Waals surface area contributed by atoms with E-state index in [1.165, 1.54) is 78.4 Å². The minimum Gasteiger partial charge on any atom is -0.508 e. The summed E-state index contributed by atoms with van der Waals surface area (Å²) in [7, 11) is 0. The van der Waals surface area contributed by atoms with Crippen LogP contribution in [-0.4, -0.2) is 249 Å². The van der Waals surface area contributed by atoms with Crippen molar-refractivity contribution in [3.8, 4) is 23.0 Å². The van der Waals surface area contributed by atoms with E-state index in [1.807, 2.05) is 0 Å². The number of fused-ring (bicyclic) bond motifs is 6. The van der Waals surface area contributed by atoms with Gasteiger partial charge in [-0.3, -0.25) is 72.4 Å². The maximum Gasteiger partial charge on any atom is 0.340 e. The number of thiocarbonyl (C=S) groups is 1. The number of hydrogen-bond donors (Lipinski definition) is 14. The molecule has 0 aliphatic carbocycles. The Hall–Kier alpha value is -12.6. The van der Waals surface area contributed by atoms with Crippen LogP contribution in [0.4, 0.5) is 11.4 Å². The first kappa shape index (κ1) is 85.8. The van der Waals surface area contributed by atoms with Crippen molar-refractivity contribution in [3.63, 3.8) is 0 Å². The Kier molecular flexibility index (Phi) is 28.1. The van der Waals surface area contributed by atoms with Crippen molar-refractivity contribution in [1.29, 1.82) is 0 Å². The second-order valence-corrected chi connectivity index (χ2v) is 29.4. The zero-order valence-corrected chi connectivity index (χ0v) is 63.9. The summed E-state index contributed by atoms with van der Waals surface area (Å²) in [4.78, 5) is 211. The first-order valence-electron chi connectivity index (χ1n) is 37.8. The Labute approximate surface area is 667 Å². The molecule has 1 spiro atoms. The van der Waals surface area contributed by atoms with Crippen LogP contribution in [0, 0.1) is 10.1 Å². The van der Waals surface area contributed by atoms with Gasteiger partial charge >= 0.3 is 23.9 Å². The third kappa shape index (κ3) is 20.5. The Morgan fingerprint density at radius 2 is 1.22 bits per heavy atom. The van der Waals surface area contributed by atoms with E-state index in [0.717, 1.165) is 9.80 Å². The molecule has 4 saturated heterocycles. The van der Waals surface area contributed by atoms with E-state index in [-0.39, 0.29) is 110 Å². The van der Waals surface area contributed by atoms with Gasteiger partial charge in [-0.05, 0) is 163 Å². The highest BCUT2D eigenvalue weighted by atomic mass is 32.1. The number of phenols is 2. The van der Waals surface area contributed by atoms with Crippen LogP contribution in [0.15, 0.2) is 84.0 Å². The first-order valence-corrected chi connectivity index (χ1v) is 38.2. The van der Waals surface area contributed by atoms with Gasteiger partial charge in [0.1, 0.15) is 83.5 Å². The number of aliphatic carboxylic acids is 3. The van der Waals surface area contributed by atoms with E-state index >= 15 is 4.79 Å². The van der Waals surface area contributed by atoms with Gasteiger partial charge < -0.3 is 108 Å². The molecule has 15 N–H and O–H groups in total. The number of nitro groups is 1. The zero-order chi connectivity index (χ0) is 84.0. The van der Waals surface area contributed by atoms with Gasteiger partial charge in [-0.25, -0.2) is 4.79 Å². The number of rotatable bonds is 34. The van der Waals surface area contributed by atoms with Crippen LogP contribution in [0.25, 0.3) is 0 Å². The normalized spacial score (nSPS) is 19.9. The van der Waals surface area contributed by atoms with Crippen molar-refractivity contribution in [2.24, 2.45) is 10.9 Å². The van der Waals surface area contributed by atoms with Gasteiger partial charge in [0.05, 0.1) is 29.4 Å². The molecule has 6 heterocycles. The number of carbonyl (C=O) groups excluding carboxylic acids is 11. The van der Waals surface area contributed by atoms with Crippen molar-refractivity contribution in [3.05, 3.63) is 117 Å². The summed E-state index contributed by atoms with van der Waals surface area (Å²) in [5.41, 5.74) is 6.10. The van der Waals surface area contributed by atoms with E-state index in [9.17, 15) is 103 Å². The number of unbranched alkanes of at least 4 members (excludes halogenated alkanes) is 1. The number of aliphatic hydroxyl groups excluding tert-OH is 1. The number of nitro benzene ring substituents is 1. The maximum atomic E-state index is 15.0. The second kappa shape index (κ2) is 38.0. The fraction of sp³-hybridized carbons (Fsp3) is 0.474. The van der Waals surface area contributed by atoms with E-state index in [0.29, 0.717) is 66.6 Å². The Morgan fingerprint density at radius 3 is 1.84 bits per heavy atom. The predicted octanol–water partition coefficient (Wildman–Crippen LogP) is 1.32. The van der Waals surface area contributed by atoms with Crippen LogP contribution >= 0.6 is 12.2 Å². The molecule has 0 aromatic heterocycles. The number of anilines is 1.